The lowest BCUT2D eigenvalue weighted by Gasteiger charge is -2.43. The van der Waals surface area contributed by atoms with E-state index in [1.54, 1.807) is 18.2 Å². The monoisotopic (exact) mass is 537 g/mol. The molecule has 0 bridgehead atoms. The molecule has 2 heterocycles. The molecule has 198 valence electrons. The molecule has 0 spiro atoms. The summed E-state index contributed by atoms with van der Waals surface area (Å²) in [5.74, 6) is -0.467. The zero-order valence-electron chi connectivity index (χ0n) is 21.7. The third-order valence-corrected chi connectivity index (χ3v) is 6.92. The lowest BCUT2D eigenvalue weighted by molar-refractivity contribution is -0.118. The molecule has 1 aliphatic carbocycles. The summed E-state index contributed by atoms with van der Waals surface area (Å²) in [5, 5.41) is 11.6. The molecule has 11 heteroatoms. The normalized spacial score (nSPS) is 18.5. The van der Waals surface area contributed by atoms with Crippen molar-refractivity contribution in [2.75, 3.05) is 21.3 Å². The number of Topliss-reactive ketones (excluding diaryl/α,β-unsaturated/α-hetero) is 1. The topological polar surface area (TPSA) is 140 Å². The van der Waals surface area contributed by atoms with E-state index in [1.807, 2.05) is 13.8 Å². The second-order valence-corrected chi connectivity index (χ2v) is 10.1. The fourth-order valence-electron chi connectivity index (χ4n) is 4.96. The molecular formula is C27H28ClN5O5. The lowest BCUT2D eigenvalue weighted by atomic mass is 9.69. The molecule has 10 nitrogen and oxygen atoms in total. The highest BCUT2D eigenvalue weighted by atomic mass is 35.5. The maximum Gasteiger partial charge on any atom is 0.273 e. The van der Waals surface area contributed by atoms with Gasteiger partial charge in [-0.25, -0.2) is 9.99 Å². The van der Waals surface area contributed by atoms with Crippen molar-refractivity contribution in [2.45, 2.75) is 32.6 Å². The van der Waals surface area contributed by atoms with Gasteiger partial charge >= 0.3 is 0 Å². The van der Waals surface area contributed by atoms with Crippen molar-refractivity contribution in [3.63, 3.8) is 0 Å². The van der Waals surface area contributed by atoms with Crippen LogP contribution in [0.5, 0.6) is 17.2 Å². The Kier molecular flexibility index (Phi) is 7.24. The fourth-order valence-corrected chi connectivity index (χ4v) is 5.16. The van der Waals surface area contributed by atoms with Crippen LogP contribution >= 0.6 is 11.6 Å². The summed E-state index contributed by atoms with van der Waals surface area (Å²) in [6.07, 6.45) is 2.13. The molecule has 0 saturated carbocycles. The first-order valence-electron chi connectivity index (χ1n) is 11.7. The van der Waals surface area contributed by atoms with Crippen molar-refractivity contribution in [1.29, 1.82) is 5.26 Å². The summed E-state index contributed by atoms with van der Waals surface area (Å²) in [7, 11) is 4.45. The Balaban J connectivity index is 1.93. The molecular weight excluding hydrogens is 510 g/mol. The van der Waals surface area contributed by atoms with Crippen molar-refractivity contribution in [2.24, 2.45) is 11.1 Å². The maximum absolute atomic E-state index is 13.7. The van der Waals surface area contributed by atoms with Gasteiger partial charge in [0.05, 0.1) is 50.2 Å². The zero-order chi connectivity index (χ0) is 27.8. The van der Waals surface area contributed by atoms with Crippen LogP contribution in [0.1, 0.15) is 48.5 Å². The minimum absolute atomic E-state index is 0.00891. The third-order valence-electron chi connectivity index (χ3n) is 6.62. The van der Waals surface area contributed by atoms with E-state index >= 15 is 0 Å². The van der Waals surface area contributed by atoms with Gasteiger partial charge in [-0.05, 0) is 41.7 Å². The average Bonchev–Trinajstić information content (AvgIpc) is 2.88. The molecule has 1 unspecified atom stereocenters. The molecule has 2 aromatic rings. The van der Waals surface area contributed by atoms with Gasteiger partial charge < -0.3 is 19.9 Å². The van der Waals surface area contributed by atoms with Gasteiger partial charge in [0.2, 0.25) is 5.75 Å². The molecule has 0 saturated heterocycles. The van der Waals surface area contributed by atoms with Crippen LogP contribution in [0.15, 0.2) is 53.1 Å². The highest BCUT2D eigenvalue weighted by Crippen LogP contribution is 2.50. The minimum atomic E-state index is -0.817. The number of nitriles is 1. The third kappa shape index (κ3) is 4.61. The molecule has 0 fully saturated rings. The molecule has 2 aliphatic rings. The summed E-state index contributed by atoms with van der Waals surface area (Å²) < 4.78 is 16.5. The van der Waals surface area contributed by atoms with Gasteiger partial charge in [-0.3, -0.25) is 15.0 Å². The molecule has 1 aliphatic heterocycles. The number of rotatable bonds is 6. The number of hydrogen-bond donors (Lipinski definition) is 2. The predicted molar refractivity (Wildman–Crippen MR) is 139 cm³/mol. The summed E-state index contributed by atoms with van der Waals surface area (Å²) in [4.78, 5) is 30.8. The fraction of sp³-hybridized carbons (Fsp3) is 0.333. The number of pyridine rings is 1. The Hall–Kier alpha value is -4.23. The van der Waals surface area contributed by atoms with Gasteiger partial charge in [0, 0.05) is 18.2 Å². The van der Waals surface area contributed by atoms with Crippen LogP contribution in [0, 0.1) is 16.7 Å². The Labute approximate surface area is 225 Å². The van der Waals surface area contributed by atoms with Crippen molar-refractivity contribution in [3.05, 3.63) is 69.4 Å². The smallest absolute Gasteiger partial charge is 0.273 e. The van der Waals surface area contributed by atoms with Crippen LogP contribution in [0.25, 0.3) is 0 Å². The zero-order valence-corrected chi connectivity index (χ0v) is 22.5. The van der Waals surface area contributed by atoms with E-state index in [-0.39, 0.29) is 34.3 Å². The van der Waals surface area contributed by atoms with Crippen LogP contribution < -0.4 is 25.4 Å². The molecule has 1 atom stereocenters. The van der Waals surface area contributed by atoms with Gasteiger partial charge in [0.25, 0.3) is 5.91 Å². The number of carbonyl (C=O) groups excluding carboxylic acids is 2. The Bertz CT molecular complexity index is 1400. The van der Waals surface area contributed by atoms with Crippen molar-refractivity contribution >= 4 is 23.3 Å². The first-order chi connectivity index (χ1) is 18.1. The second kappa shape index (κ2) is 10.3. The number of nitrogens with two attached hydrogens (primary N) is 1. The number of nitrogens with one attached hydrogen (secondary N) is 1. The highest BCUT2D eigenvalue weighted by Gasteiger charge is 2.45. The summed E-state index contributed by atoms with van der Waals surface area (Å²) >= 11 is 6.13. The van der Waals surface area contributed by atoms with E-state index in [4.69, 9.17) is 31.5 Å². The van der Waals surface area contributed by atoms with E-state index in [1.165, 1.54) is 38.6 Å². The Morgan fingerprint density at radius 3 is 2.42 bits per heavy atom. The number of allylic oxidation sites excluding steroid dienone is 3. The number of nitrogens with zero attached hydrogens (tertiary/aromatic N) is 3. The number of methoxy groups -OCH3 is 3. The Morgan fingerprint density at radius 1 is 1.21 bits per heavy atom. The van der Waals surface area contributed by atoms with Crippen LogP contribution in [0.3, 0.4) is 0 Å². The van der Waals surface area contributed by atoms with Gasteiger partial charge in [0.1, 0.15) is 11.0 Å². The van der Waals surface area contributed by atoms with Crippen molar-refractivity contribution < 1.29 is 23.8 Å². The summed E-state index contributed by atoms with van der Waals surface area (Å²) in [6.45, 7) is 3.92. The van der Waals surface area contributed by atoms with Crippen LogP contribution in [-0.2, 0) is 4.79 Å². The minimum Gasteiger partial charge on any atom is -0.493 e. The standard InChI is InChI=1S/C27H28ClN5O5/c1-27(2)11-17-22(18(34)12-27)21(14-9-19(36-3)23(38-5)20(10-14)37-4)16(13-29)25(30)33(17)32-26(35)15-7-6-8-31-24(15)28/h6-10,21H,11-12,30H2,1-5H3,(H,32,35). The summed E-state index contributed by atoms with van der Waals surface area (Å²) in [5.41, 5.74) is 10.5. The molecule has 1 aromatic carbocycles. The molecule has 38 heavy (non-hydrogen) atoms. The van der Waals surface area contributed by atoms with E-state index in [9.17, 15) is 14.9 Å². The second-order valence-electron chi connectivity index (χ2n) is 9.72. The van der Waals surface area contributed by atoms with Gasteiger partial charge in [-0.15, -0.1) is 0 Å². The SMILES string of the molecule is COc1cc(C2C(C#N)=C(N)N(NC(=O)c3cccnc3Cl)C3=C2C(=O)CC(C)(C)C3)cc(OC)c1OC. The van der Waals surface area contributed by atoms with E-state index < -0.39 is 17.2 Å². The van der Waals surface area contributed by atoms with E-state index in [0.717, 1.165) is 0 Å². The maximum atomic E-state index is 13.7. The first-order valence-corrected chi connectivity index (χ1v) is 12.1. The van der Waals surface area contributed by atoms with Crippen LogP contribution in [0.4, 0.5) is 0 Å². The van der Waals surface area contributed by atoms with E-state index in [0.29, 0.717) is 40.5 Å². The highest BCUT2D eigenvalue weighted by molar-refractivity contribution is 6.32. The molecule has 3 N–H and O–H groups in total. The van der Waals surface area contributed by atoms with E-state index in [2.05, 4.69) is 16.5 Å². The predicted octanol–water partition coefficient (Wildman–Crippen LogP) is 3.84. The van der Waals surface area contributed by atoms with Crippen LogP contribution in [-0.4, -0.2) is 43.0 Å². The number of aromatic nitrogens is 1. The quantitative estimate of drug-likeness (QED) is 0.526. The van der Waals surface area contributed by atoms with Crippen LogP contribution in [0.2, 0.25) is 5.15 Å². The number of amides is 1. The lowest BCUT2D eigenvalue weighted by Crippen LogP contribution is -2.50. The average molecular weight is 538 g/mol. The Morgan fingerprint density at radius 2 is 1.87 bits per heavy atom. The van der Waals surface area contributed by atoms with Gasteiger partial charge in [-0.2, -0.15) is 5.26 Å². The first kappa shape index (κ1) is 26.8. The summed E-state index contributed by atoms with van der Waals surface area (Å²) in [6, 6.07) is 8.64. The number of hydrogen-bond acceptors (Lipinski definition) is 9. The number of carbonyl (C=O) groups is 2. The number of ether oxygens (including phenoxy) is 3. The van der Waals surface area contributed by atoms with Gasteiger partial charge in [0.15, 0.2) is 17.3 Å². The molecule has 1 amide bonds. The van der Waals surface area contributed by atoms with Crippen molar-refractivity contribution in [3.8, 4) is 23.3 Å². The number of hydrazine groups is 1. The molecule has 0 radical (unpaired) electrons. The molecule has 4 rings (SSSR count). The number of benzene rings is 1. The largest absolute Gasteiger partial charge is 0.493 e. The number of halogens is 1. The van der Waals surface area contributed by atoms with Gasteiger partial charge in [-0.1, -0.05) is 25.4 Å². The van der Waals surface area contributed by atoms with Crippen molar-refractivity contribution in [1.82, 2.24) is 15.4 Å². The number of ketones is 1. The molecule has 1 aromatic heterocycles.